The van der Waals surface area contributed by atoms with Crippen molar-refractivity contribution in [3.63, 3.8) is 0 Å². The number of nitrogens with one attached hydrogen (secondary N) is 1. The molecule has 0 radical (unpaired) electrons. The number of aryl methyl sites for hydroxylation is 1. The van der Waals surface area contributed by atoms with E-state index in [2.05, 4.69) is 17.2 Å². The quantitative estimate of drug-likeness (QED) is 0.720. The summed E-state index contributed by atoms with van der Waals surface area (Å²) in [6.07, 6.45) is 3.92. The van der Waals surface area contributed by atoms with Crippen molar-refractivity contribution in [3.8, 4) is 0 Å². The molecule has 0 amide bonds. The van der Waals surface area contributed by atoms with Crippen molar-refractivity contribution in [2.45, 2.75) is 32.2 Å². The van der Waals surface area contributed by atoms with Gasteiger partial charge in [0.1, 0.15) is 0 Å². The van der Waals surface area contributed by atoms with Gasteiger partial charge >= 0.3 is 0 Å². The van der Waals surface area contributed by atoms with E-state index in [1.807, 2.05) is 5.51 Å². The number of thiazole rings is 1. The minimum atomic E-state index is 0.532. The van der Waals surface area contributed by atoms with Crippen LogP contribution in [0.4, 0.5) is 0 Å². The summed E-state index contributed by atoms with van der Waals surface area (Å²) < 4.78 is 0. The Hall–Kier alpha value is -0.410. The number of aromatic nitrogens is 1. The van der Waals surface area contributed by atoms with Crippen LogP contribution in [0.3, 0.4) is 0 Å². The van der Waals surface area contributed by atoms with Crippen molar-refractivity contribution in [3.05, 3.63) is 16.1 Å². The Balaban J connectivity index is 2.13. The average molecular weight is 182 g/mol. The molecule has 1 fully saturated rings. The van der Waals surface area contributed by atoms with Crippen molar-refractivity contribution in [1.29, 1.82) is 0 Å². The largest absolute Gasteiger partial charge is 0.309 e. The van der Waals surface area contributed by atoms with E-state index in [0.717, 1.165) is 6.54 Å². The van der Waals surface area contributed by atoms with Crippen LogP contribution in [0.25, 0.3) is 0 Å². The van der Waals surface area contributed by atoms with E-state index in [-0.39, 0.29) is 0 Å². The lowest BCUT2D eigenvalue weighted by atomic mass is 10.0. The van der Waals surface area contributed by atoms with Gasteiger partial charge in [0.15, 0.2) is 0 Å². The molecule has 1 saturated heterocycles. The van der Waals surface area contributed by atoms with Crippen LogP contribution in [0.5, 0.6) is 0 Å². The predicted octanol–water partition coefficient (Wildman–Crippen LogP) is 2.27. The van der Waals surface area contributed by atoms with Crippen LogP contribution >= 0.6 is 11.3 Å². The number of hydrogen-bond acceptors (Lipinski definition) is 3. The van der Waals surface area contributed by atoms with Gasteiger partial charge in [0.05, 0.1) is 17.2 Å². The topological polar surface area (TPSA) is 24.9 Å². The molecule has 66 valence electrons. The fraction of sp³-hybridized carbons (Fsp3) is 0.667. The molecule has 0 bridgehead atoms. The van der Waals surface area contributed by atoms with Crippen LogP contribution in [0.2, 0.25) is 0 Å². The molecule has 0 aliphatic carbocycles. The van der Waals surface area contributed by atoms with Gasteiger partial charge in [0.2, 0.25) is 0 Å². The van der Waals surface area contributed by atoms with E-state index < -0.39 is 0 Å². The zero-order chi connectivity index (χ0) is 8.39. The highest BCUT2D eigenvalue weighted by Crippen LogP contribution is 2.25. The minimum absolute atomic E-state index is 0.532. The van der Waals surface area contributed by atoms with Gasteiger partial charge in [-0.15, -0.1) is 11.3 Å². The molecular weight excluding hydrogens is 168 g/mol. The highest BCUT2D eigenvalue weighted by Gasteiger charge is 2.17. The molecule has 1 aliphatic rings. The molecule has 2 heterocycles. The Morgan fingerprint density at radius 1 is 1.58 bits per heavy atom. The first-order chi connectivity index (χ1) is 5.88. The normalized spacial score (nSPS) is 24.2. The Bertz CT molecular complexity index is 251. The molecule has 1 aromatic heterocycles. The predicted molar refractivity (Wildman–Crippen MR) is 51.4 cm³/mol. The van der Waals surface area contributed by atoms with Gasteiger partial charge in [0.25, 0.3) is 0 Å². The molecule has 1 aliphatic heterocycles. The van der Waals surface area contributed by atoms with Gasteiger partial charge in [-0.1, -0.05) is 6.42 Å². The average Bonchev–Trinajstić information content (AvgIpc) is 2.53. The van der Waals surface area contributed by atoms with E-state index in [1.165, 1.54) is 29.8 Å². The molecule has 0 spiro atoms. The maximum Gasteiger partial charge on any atom is 0.0798 e. The summed E-state index contributed by atoms with van der Waals surface area (Å²) in [5.41, 5.74) is 3.22. The van der Waals surface area contributed by atoms with Gasteiger partial charge in [-0.2, -0.15) is 0 Å². The first-order valence-corrected chi connectivity index (χ1v) is 5.39. The summed E-state index contributed by atoms with van der Waals surface area (Å²) in [7, 11) is 0. The summed E-state index contributed by atoms with van der Waals surface area (Å²) in [4.78, 5) is 5.77. The van der Waals surface area contributed by atoms with Gasteiger partial charge in [-0.05, 0) is 26.3 Å². The van der Waals surface area contributed by atoms with E-state index in [1.54, 1.807) is 11.3 Å². The van der Waals surface area contributed by atoms with Gasteiger partial charge in [0, 0.05) is 4.88 Å². The first-order valence-electron chi connectivity index (χ1n) is 4.51. The van der Waals surface area contributed by atoms with Crippen LogP contribution in [0, 0.1) is 6.92 Å². The Kier molecular flexibility index (Phi) is 2.42. The van der Waals surface area contributed by atoms with Crippen molar-refractivity contribution in [1.82, 2.24) is 10.3 Å². The maximum absolute atomic E-state index is 4.40. The van der Waals surface area contributed by atoms with E-state index in [9.17, 15) is 0 Å². The molecule has 3 heteroatoms. The van der Waals surface area contributed by atoms with Crippen molar-refractivity contribution in [2.24, 2.45) is 0 Å². The van der Waals surface area contributed by atoms with Gasteiger partial charge < -0.3 is 5.32 Å². The zero-order valence-corrected chi connectivity index (χ0v) is 8.16. The third kappa shape index (κ3) is 1.52. The summed E-state index contributed by atoms with van der Waals surface area (Å²) in [5.74, 6) is 0. The highest BCUT2D eigenvalue weighted by molar-refractivity contribution is 7.09. The molecule has 0 aromatic carbocycles. The van der Waals surface area contributed by atoms with Crippen LogP contribution in [-0.4, -0.2) is 11.5 Å². The Morgan fingerprint density at radius 2 is 2.50 bits per heavy atom. The smallest absolute Gasteiger partial charge is 0.0798 e. The number of rotatable bonds is 1. The third-order valence-electron chi connectivity index (χ3n) is 2.42. The molecule has 2 nitrogen and oxygen atoms in total. The molecule has 12 heavy (non-hydrogen) atoms. The lowest BCUT2D eigenvalue weighted by Crippen LogP contribution is -2.27. The first kappa shape index (κ1) is 8.20. The molecule has 2 rings (SSSR count). The second-order valence-electron chi connectivity index (χ2n) is 3.30. The monoisotopic (exact) mass is 182 g/mol. The Morgan fingerprint density at radius 3 is 3.08 bits per heavy atom. The number of nitrogens with zero attached hydrogens (tertiary/aromatic N) is 1. The van der Waals surface area contributed by atoms with E-state index in [4.69, 9.17) is 0 Å². The zero-order valence-electron chi connectivity index (χ0n) is 7.34. The van der Waals surface area contributed by atoms with Crippen molar-refractivity contribution >= 4 is 11.3 Å². The highest BCUT2D eigenvalue weighted by atomic mass is 32.1. The molecule has 0 saturated carbocycles. The van der Waals surface area contributed by atoms with Gasteiger partial charge in [-0.25, -0.2) is 4.98 Å². The summed E-state index contributed by atoms with van der Waals surface area (Å²) >= 11 is 1.75. The minimum Gasteiger partial charge on any atom is -0.309 e. The van der Waals surface area contributed by atoms with Crippen LogP contribution in [0.1, 0.15) is 35.9 Å². The van der Waals surface area contributed by atoms with E-state index >= 15 is 0 Å². The number of hydrogen-bond donors (Lipinski definition) is 1. The fourth-order valence-electron chi connectivity index (χ4n) is 1.73. The lowest BCUT2D eigenvalue weighted by molar-refractivity contribution is 0.405. The van der Waals surface area contributed by atoms with Crippen molar-refractivity contribution in [2.75, 3.05) is 6.54 Å². The van der Waals surface area contributed by atoms with Crippen LogP contribution in [-0.2, 0) is 0 Å². The molecule has 1 aromatic rings. The summed E-state index contributed by atoms with van der Waals surface area (Å²) in [6, 6.07) is 0.532. The third-order valence-corrected chi connectivity index (χ3v) is 3.20. The summed E-state index contributed by atoms with van der Waals surface area (Å²) in [6.45, 7) is 3.31. The van der Waals surface area contributed by atoms with Gasteiger partial charge in [-0.3, -0.25) is 0 Å². The second kappa shape index (κ2) is 3.54. The standard InChI is InChI=1S/C9H14N2S/c1-7-9(11-6-12-7)8-4-2-3-5-10-8/h6,8,10H,2-5H2,1H3. The lowest BCUT2D eigenvalue weighted by Gasteiger charge is -2.22. The molecule has 1 unspecified atom stereocenters. The molecule has 1 atom stereocenters. The van der Waals surface area contributed by atoms with E-state index in [0.29, 0.717) is 6.04 Å². The molecular formula is C9H14N2S. The fourth-order valence-corrected chi connectivity index (χ4v) is 2.37. The van der Waals surface area contributed by atoms with Crippen molar-refractivity contribution < 1.29 is 0 Å². The number of piperidine rings is 1. The molecule has 1 N–H and O–H groups in total. The summed E-state index contributed by atoms with van der Waals surface area (Å²) in [5, 5.41) is 3.51. The van der Waals surface area contributed by atoms with Crippen LogP contribution < -0.4 is 5.32 Å². The SMILES string of the molecule is Cc1scnc1C1CCCCN1. The Labute approximate surface area is 77.0 Å². The van der Waals surface area contributed by atoms with Crippen LogP contribution in [0.15, 0.2) is 5.51 Å². The maximum atomic E-state index is 4.40. The second-order valence-corrected chi connectivity index (χ2v) is 4.36.